The van der Waals surface area contributed by atoms with Gasteiger partial charge in [-0.25, -0.2) is 0 Å². The van der Waals surface area contributed by atoms with Gasteiger partial charge < -0.3 is 0 Å². The molecule has 21 heavy (non-hydrogen) atoms. The Balaban J connectivity index is 2.36. The van der Waals surface area contributed by atoms with Crippen molar-refractivity contribution in [2.45, 2.75) is 27.2 Å². The third-order valence-corrected chi connectivity index (χ3v) is 3.66. The van der Waals surface area contributed by atoms with Gasteiger partial charge >= 0.3 is 0 Å². The molecule has 0 amide bonds. The number of hydrogen-bond acceptors (Lipinski definition) is 3. The van der Waals surface area contributed by atoms with E-state index in [4.69, 9.17) is 0 Å². The standard InChI is InChI=1S/C17H17NO3/c1-11-7-8-14(9-13(11)3)10-16(19)17-12(2)5-4-6-15(17)18(20)21/h4-9H,10H2,1-3H3. The van der Waals surface area contributed by atoms with Gasteiger partial charge in [0.15, 0.2) is 5.78 Å². The topological polar surface area (TPSA) is 60.2 Å². The average molecular weight is 283 g/mol. The molecule has 2 aromatic rings. The van der Waals surface area contributed by atoms with E-state index in [2.05, 4.69) is 0 Å². The number of aryl methyl sites for hydroxylation is 3. The zero-order valence-electron chi connectivity index (χ0n) is 12.3. The van der Waals surface area contributed by atoms with E-state index >= 15 is 0 Å². The van der Waals surface area contributed by atoms with Gasteiger partial charge in [-0.3, -0.25) is 14.9 Å². The molecule has 0 fully saturated rings. The summed E-state index contributed by atoms with van der Waals surface area (Å²) in [6, 6.07) is 10.5. The van der Waals surface area contributed by atoms with Crippen LogP contribution in [0.5, 0.6) is 0 Å². The number of rotatable bonds is 4. The van der Waals surface area contributed by atoms with Crippen LogP contribution in [0.2, 0.25) is 0 Å². The highest BCUT2D eigenvalue weighted by molar-refractivity contribution is 6.02. The van der Waals surface area contributed by atoms with Gasteiger partial charge in [0.2, 0.25) is 0 Å². The van der Waals surface area contributed by atoms with E-state index < -0.39 is 4.92 Å². The van der Waals surface area contributed by atoms with E-state index in [0.29, 0.717) is 5.56 Å². The number of carbonyl (C=O) groups excluding carboxylic acids is 1. The lowest BCUT2D eigenvalue weighted by Gasteiger charge is -2.07. The van der Waals surface area contributed by atoms with Crippen molar-refractivity contribution in [3.63, 3.8) is 0 Å². The Hall–Kier alpha value is -2.49. The highest BCUT2D eigenvalue weighted by Gasteiger charge is 2.22. The second kappa shape index (κ2) is 5.87. The maximum Gasteiger partial charge on any atom is 0.280 e. The van der Waals surface area contributed by atoms with Gasteiger partial charge in [0.05, 0.1) is 10.5 Å². The molecule has 0 aromatic heterocycles. The van der Waals surface area contributed by atoms with Crippen LogP contribution >= 0.6 is 0 Å². The number of nitrogens with zero attached hydrogens (tertiary/aromatic N) is 1. The Morgan fingerprint density at radius 1 is 1.05 bits per heavy atom. The van der Waals surface area contributed by atoms with Crippen molar-refractivity contribution in [1.82, 2.24) is 0 Å². The number of nitro benzene ring substituents is 1. The lowest BCUT2D eigenvalue weighted by molar-refractivity contribution is -0.385. The first-order valence-electron chi connectivity index (χ1n) is 6.73. The number of hydrogen-bond donors (Lipinski definition) is 0. The molecule has 0 aliphatic carbocycles. The van der Waals surface area contributed by atoms with Gasteiger partial charge in [0.1, 0.15) is 0 Å². The average Bonchev–Trinajstić information content (AvgIpc) is 2.42. The highest BCUT2D eigenvalue weighted by atomic mass is 16.6. The molecule has 0 N–H and O–H groups in total. The summed E-state index contributed by atoms with van der Waals surface area (Å²) in [5, 5.41) is 11.1. The minimum atomic E-state index is -0.499. The lowest BCUT2D eigenvalue weighted by atomic mass is 9.96. The molecule has 2 aromatic carbocycles. The van der Waals surface area contributed by atoms with Crippen LogP contribution in [-0.2, 0) is 6.42 Å². The zero-order valence-corrected chi connectivity index (χ0v) is 12.3. The van der Waals surface area contributed by atoms with Crippen LogP contribution in [0.3, 0.4) is 0 Å². The van der Waals surface area contributed by atoms with Crippen molar-refractivity contribution >= 4 is 11.5 Å². The Morgan fingerprint density at radius 3 is 2.38 bits per heavy atom. The normalized spacial score (nSPS) is 10.4. The number of carbonyl (C=O) groups is 1. The van der Waals surface area contributed by atoms with Crippen LogP contribution in [-0.4, -0.2) is 10.7 Å². The van der Waals surface area contributed by atoms with Crippen molar-refractivity contribution in [2.75, 3.05) is 0 Å². The summed E-state index contributed by atoms with van der Waals surface area (Å²) in [7, 11) is 0. The maximum absolute atomic E-state index is 12.5. The van der Waals surface area contributed by atoms with E-state index in [-0.39, 0.29) is 23.5 Å². The highest BCUT2D eigenvalue weighted by Crippen LogP contribution is 2.24. The molecule has 0 aliphatic rings. The molecule has 0 saturated carbocycles. The molecular weight excluding hydrogens is 266 g/mol. The SMILES string of the molecule is Cc1ccc(CC(=O)c2c(C)cccc2[N+](=O)[O-])cc1C. The van der Waals surface area contributed by atoms with Crippen molar-refractivity contribution in [3.8, 4) is 0 Å². The fourth-order valence-corrected chi connectivity index (χ4v) is 2.35. The molecule has 4 nitrogen and oxygen atoms in total. The number of Topliss-reactive ketones (excluding diaryl/α,β-unsaturated/α-hetero) is 1. The molecule has 0 bridgehead atoms. The Morgan fingerprint density at radius 2 is 1.76 bits per heavy atom. The van der Waals surface area contributed by atoms with E-state index in [1.165, 1.54) is 6.07 Å². The molecule has 0 aliphatic heterocycles. The summed E-state index contributed by atoms with van der Waals surface area (Å²) >= 11 is 0. The van der Waals surface area contributed by atoms with Crippen LogP contribution in [0.4, 0.5) is 5.69 Å². The Kier molecular flexibility index (Phi) is 4.17. The Bertz CT molecular complexity index is 720. The van der Waals surface area contributed by atoms with Gasteiger partial charge in [-0.15, -0.1) is 0 Å². The van der Waals surface area contributed by atoms with Crippen LogP contribution < -0.4 is 0 Å². The van der Waals surface area contributed by atoms with Gasteiger partial charge in [-0.05, 0) is 43.0 Å². The first-order chi connectivity index (χ1) is 9.90. The fraction of sp³-hybridized carbons (Fsp3) is 0.235. The summed E-state index contributed by atoms with van der Waals surface area (Å²) < 4.78 is 0. The summed E-state index contributed by atoms with van der Waals surface area (Å²) in [5.74, 6) is -0.219. The van der Waals surface area contributed by atoms with Gasteiger partial charge in [0, 0.05) is 12.5 Å². The molecule has 0 spiro atoms. The van der Waals surface area contributed by atoms with Gasteiger partial charge in [0.25, 0.3) is 5.69 Å². The number of ketones is 1. The predicted octanol–water partition coefficient (Wildman–Crippen LogP) is 3.95. The molecule has 4 heteroatoms. The summed E-state index contributed by atoms with van der Waals surface area (Å²) in [5.41, 5.74) is 3.87. The molecule has 0 saturated heterocycles. The van der Waals surface area contributed by atoms with E-state index in [0.717, 1.165) is 16.7 Å². The lowest BCUT2D eigenvalue weighted by Crippen LogP contribution is -2.09. The zero-order chi connectivity index (χ0) is 15.6. The Labute approximate surface area is 123 Å². The van der Waals surface area contributed by atoms with Gasteiger partial charge in [-0.2, -0.15) is 0 Å². The smallest absolute Gasteiger partial charge is 0.280 e. The summed E-state index contributed by atoms with van der Waals surface area (Å²) in [6.45, 7) is 5.72. The number of benzene rings is 2. The molecular formula is C17H17NO3. The van der Waals surface area contributed by atoms with Crippen LogP contribution in [0.15, 0.2) is 36.4 Å². The molecule has 0 radical (unpaired) electrons. The predicted molar refractivity (Wildman–Crippen MR) is 81.8 cm³/mol. The van der Waals surface area contributed by atoms with Crippen molar-refractivity contribution in [1.29, 1.82) is 0 Å². The largest absolute Gasteiger partial charge is 0.294 e. The molecule has 0 heterocycles. The second-order valence-corrected chi connectivity index (χ2v) is 5.24. The van der Waals surface area contributed by atoms with Crippen molar-refractivity contribution < 1.29 is 9.72 Å². The second-order valence-electron chi connectivity index (χ2n) is 5.24. The molecule has 2 rings (SSSR count). The number of nitro groups is 1. The summed E-state index contributed by atoms with van der Waals surface area (Å²) in [6.07, 6.45) is 0.173. The van der Waals surface area contributed by atoms with Crippen LogP contribution in [0.25, 0.3) is 0 Å². The van der Waals surface area contributed by atoms with E-state index in [1.807, 2.05) is 32.0 Å². The van der Waals surface area contributed by atoms with E-state index in [9.17, 15) is 14.9 Å². The molecule has 108 valence electrons. The third-order valence-electron chi connectivity index (χ3n) is 3.66. The first kappa shape index (κ1) is 14.9. The summed E-state index contributed by atoms with van der Waals surface area (Å²) in [4.78, 5) is 23.0. The minimum absolute atomic E-state index is 0.121. The maximum atomic E-state index is 12.5. The third kappa shape index (κ3) is 3.16. The fourth-order valence-electron chi connectivity index (χ4n) is 2.35. The first-order valence-corrected chi connectivity index (χ1v) is 6.73. The van der Waals surface area contributed by atoms with Crippen LogP contribution in [0, 0.1) is 30.9 Å². The quantitative estimate of drug-likeness (QED) is 0.485. The minimum Gasteiger partial charge on any atom is -0.294 e. The monoisotopic (exact) mass is 283 g/mol. The van der Waals surface area contributed by atoms with Gasteiger partial charge in [-0.1, -0.05) is 30.3 Å². The van der Waals surface area contributed by atoms with Crippen molar-refractivity contribution in [2.24, 2.45) is 0 Å². The van der Waals surface area contributed by atoms with E-state index in [1.54, 1.807) is 19.1 Å². The van der Waals surface area contributed by atoms with Crippen molar-refractivity contribution in [3.05, 3.63) is 74.3 Å². The molecule has 0 unspecified atom stereocenters. The molecule has 0 atom stereocenters. The van der Waals surface area contributed by atoms with Crippen LogP contribution in [0.1, 0.15) is 32.6 Å².